The minimum absolute atomic E-state index is 0.279. The quantitative estimate of drug-likeness (QED) is 0.175. The van der Waals surface area contributed by atoms with Crippen molar-refractivity contribution in [1.82, 2.24) is 0 Å². The van der Waals surface area contributed by atoms with E-state index in [2.05, 4.69) is 108 Å². The summed E-state index contributed by atoms with van der Waals surface area (Å²) in [5, 5.41) is 8.25. The van der Waals surface area contributed by atoms with Crippen molar-refractivity contribution in [2.75, 3.05) is 0 Å². The van der Waals surface area contributed by atoms with E-state index in [0.717, 1.165) is 6.42 Å². The molecule has 1 nitrogen and oxygen atoms in total. The smallest absolute Gasteiger partial charge is 0.200 e. The zero-order valence-corrected chi connectivity index (χ0v) is 22.1. The molecule has 1 aliphatic rings. The number of aryl methyl sites for hydroxylation is 4. The first-order valence-electron chi connectivity index (χ1n) is 12.2. The highest BCUT2D eigenvalue weighted by Gasteiger charge is 2.32. The fourth-order valence-electron chi connectivity index (χ4n) is 5.99. The van der Waals surface area contributed by atoms with E-state index in [1.165, 1.54) is 75.6 Å². The topological polar surface area (TPSA) is 3.88 Å². The molecule has 0 spiro atoms. The van der Waals surface area contributed by atoms with E-state index in [0.29, 0.717) is 0 Å². The van der Waals surface area contributed by atoms with Crippen LogP contribution in [0.2, 0.25) is 0 Å². The van der Waals surface area contributed by atoms with Gasteiger partial charge in [-0.1, -0.05) is 68.9 Å². The summed E-state index contributed by atoms with van der Waals surface area (Å²) in [6, 6.07) is 18.6. The van der Waals surface area contributed by atoms with E-state index in [9.17, 15) is 0 Å². The van der Waals surface area contributed by atoms with E-state index in [1.54, 1.807) is 0 Å². The summed E-state index contributed by atoms with van der Waals surface area (Å²) >= 11 is 1.98. The Hall–Kier alpha value is -2.84. The summed E-state index contributed by atoms with van der Waals surface area (Å²) in [6.45, 7) is 13.8. The number of pyridine rings is 1. The Morgan fingerprint density at radius 3 is 2.35 bits per heavy atom. The van der Waals surface area contributed by atoms with Crippen LogP contribution in [0.15, 0.2) is 64.5 Å². The van der Waals surface area contributed by atoms with Crippen LogP contribution in [-0.2, 0) is 13.5 Å². The monoisotopic (exact) mass is 462 g/mol. The van der Waals surface area contributed by atoms with Gasteiger partial charge >= 0.3 is 0 Å². The third kappa shape index (κ3) is 3.11. The highest BCUT2D eigenvalue weighted by Crippen LogP contribution is 2.53. The second-order valence-corrected chi connectivity index (χ2v) is 12.3. The molecular formula is C32H32NS+. The highest BCUT2D eigenvalue weighted by molar-refractivity contribution is 8.00. The molecule has 0 fully saturated rings. The van der Waals surface area contributed by atoms with Gasteiger partial charge in [0.05, 0.1) is 10.9 Å². The zero-order valence-electron chi connectivity index (χ0n) is 21.3. The molecule has 6 rings (SSSR count). The Kier molecular flexibility index (Phi) is 4.67. The molecule has 4 aromatic carbocycles. The Labute approximate surface area is 206 Å². The minimum atomic E-state index is 0.279. The number of rotatable bonds is 1. The standard InChI is InChI=1S/C32H32NS/c1-18-9-8-10-24-19(2)27-29-28-22(13-14-33(29)7)16-23-15-21(17-32(4,5)6)11-12-25(23)31(28)34-30(27)20(3)26(18)24/h8-16H,17H2,1-7H3/q+1. The maximum absolute atomic E-state index is 2.42. The molecule has 0 bridgehead atoms. The minimum Gasteiger partial charge on any atom is -0.200 e. The van der Waals surface area contributed by atoms with Gasteiger partial charge in [0.2, 0.25) is 5.69 Å². The fourth-order valence-corrected chi connectivity index (χ4v) is 7.41. The number of aromatic nitrogens is 1. The molecule has 2 heterocycles. The second kappa shape index (κ2) is 7.33. The Bertz CT molecular complexity index is 1670. The summed E-state index contributed by atoms with van der Waals surface area (Å²) in [6.07, 6.45) is 3.33. The number of benzene rings is 4. The molecule has 1 aromatic heterocycles. The molecule has 0 amide bonds. The molecule has 2 heteroatoms. The van der Waals surface area contributed by atoms with Gasteiger partial charge in [-0.3, -0.25) is 0 Å². The van der Waals surface area contributed by atoms with Gasteiger partial charge in [0, 0.05) is 15.9 Å². The molecule has 34 heavy (non-hydrogen) atoms. The van der Waals surface area contributed by atoms with Crippen LogP contribution in [0.1, 0.15) is 43.0 Å². The fraction of sp³-hybridized carbons (Fsp3) is 0.281. The molecule has 0 atom stereocenters. The third-order valence-electron chi connectivity index (χ3n) is 7.42. The van der Waals surface area contributed by atoms with Crippen LogP contribution in [0.4, 0.5) is 0 Å². The van der Waals surface area contributed by atoms with Gasteiger partial charge < -0.3 is 0 Å². The van der Waals surface area contributed by atoms with Crippen molar-refractivity contribution in [2.45, 2.75) is 57.8 Å². The normalized spacial score (nSPS) is 13.1. The predicted octanol–water partition coefficient (Wildman–Crippen LogP) is 8.62. The van der Waals surface area contributed by atoms with Crippen molar-refractivity contribution in [3.63, 3.8) is 0 Å². The Morgan fingerprint density at radius 2 is 1.59 bits per heavy atom. The molecule has 170 valence electrons. The number of hydrogen-bond acceptors (Lipinski definition) is 1. The van der Waals surface area contributed by atoms with E-state index in [-0.39, 0.29) is 5.41 Å². The summed E-state index contributed by atoms with van der Waals surface area (Å²) in [5.74, 6) is 0. The molecule has 0 saturated heterocycles. The van der Waals surface area contributed by atoms with E-state index in [4.69, 9.17) is 0 Å². The maximum Gasteiger partial charge on any atom is 0.222 e. The van der Waals surface area contributed by atoms with Gasteiger partial charge in [0.1, 0.15) is 7.05 Å². The molecule has 1 aliphatic heterocycles. The van der Waals surface area contributed by atoms with E-state index >= 15 is 0 Å². The van der Waals surface area contributed by atoms with Gasteiger partial charge in [0.25, 0.3) is 0 Å². The van der Waals surface area contributed by atoms with Gasteiger partial charge in [-0.05, 0) is 87.9 Å². The van der Waals surface area contributed by atoms with Crippen molar-refractivity contribution >= 4 is 44.1 Å². The first kappa shape index (κ1) is 21.7. The van der Waals surface area contributed by atoms with E-state index in [1.807, 2.05) is 11.8 Å². The van der Waals surface area contributed by atoms with Crippen molar-refractivity contribution in [1.29, 1.82) is 0 Å². The van der Waals surface area contributed by atoms with Gasteiger partial charge in [0.15, 0.2) is 6.20 Å². The largest absolute Gasteiger partial charge is 0.222 e. The second-order valence-electron chi connectivity index (χ2n) is 11.3. The van der Waals surface area contributed by atoms with Crippen LogP contribution < -0.4 is 4.57 Å². The van der Waals surface area contributed by atoms with Gasteiger partial charge in [-0.2, -0.15) is 0 Å². The lowest BCUT2D eigenvalue weighted by Crippen LogP contribution is -2.32. The zero-order chi connectivity index (χ0) is 23.9. The Morgan fingerprint density at radius 1 is 0.794 bits per heavy atom. The van der Waals surface area contributed by atoms with Crippen LogP contribution in [0.5, 0.6) is 0 Å². The van der Waals surface area contributed by atoms with Gasteiger partial charge in [-0.25, -0.2) is 4.57 Å². The number of nitrogens with zero attached hydrogens (tertiary/aromatic N) is 1. The van der Waals surface area contributed by atoms with Crippen molar-refractivity contribution in [2.24, 2.45) is 12.5 Å². The predicted molar refractivity (Wildman–Crippen MR) is 147 cm³/mol. The Balaban J connectivity index is 1.73. The first-order chi connectivity index (χ1) is 16.1. The molecule has 0 aliphatic carbocycles. The van der Waals surface area contributed by atoms with Crippen molar-refractivity contribution in [3.05, 3.63) is 77.0 Å². The lowest BCUT2D eigenvalue weighted by molar-refractivity contribution is -0.659. The van der Waals surface area contributed by atoms with Crippen molar-refractivity contribution in [3.8, 4) is 11.3 Å². The SMILES string of the molecule is Cc1c2c(c(C)c3c(C)cccc13)Sc1c3ccc(CC(C)(C)C)cc3cc3cc[n+](C)c-2c13. The van der Waals surface area contributed by atoms with Gasteiger partial charge in [-0.15, -0.1) is 0 Å². The molecule has 0 unspecified atom stereocenters. The van der Waals surface area contributed by atoms with Crippen molar-refractivity contribution < 1.29 is 4.57 Å². The highest BCUT2D eigenvalue weighted by atomic mass is 32.2. The van der Waals surface area contributed by atoms with Crippen LogP contribution in [-0.4, -0.2) is 0 Å². The lowest BCUT2D eigenvalue weighted by Gasteiger charge is -2.25. The number of hydrogen-bond donors (Lipinski definition) is 0. The number of fused-ring (bicyclic) bond motifs is 5. The van der Waals surface area contributed by atoms with Crippen LogP contribution >= 0.6 is 11.8 Å². The van der Waals surface area contributed by atoms with Crippen LogP contribution in [0, 0.1) is 26.2 Å². The molecular weight excluding hydrogens is 430 g/mol. The lowest BCUT2D eigenvalue weighted by atomic mass is 9.87. The summed E-state index contributed by atoms with van der Waals surface area (Å²) in [5.41, 5.74) is 8.61. The van der Waals surface area contributed by atoms with Crippen LogP contribution in [0.25, 0.3) is 43.6 Å². The average Bonchev–Trinajstić information content (AvgIpc) is 2.77. The maximum atomic E-state index is 2.42. The summed E-state index contributed by atoms with van der Waals surface area (Å²) in [7, 11) is 2.20. The first-order valence-corrected chi connectivity index (χ1v) is 13.0. The average molecular weight is 463 g/mol. The van der Waals surface area contributed by atoms with E-state index < -0.39 is 0 Å². The summed E-state index contributed by atoms with van der Waals surface area (Å²) < 4.78 is 2.33. The third-order valence-corrected chi connectivity index (χ3v) is 8.77. The summed E-state index contributed by atoms with van der Waals surface area (Å²) in [4.78, 5) is 2.82. The molecule has 5 aromatic rings. The molecule has 0 radical (unpaired) electrons. The molecule has 0 N–H and O–H groups in total. The molecule has 0 saturated carbocycles. The van der Waals surface area contributed by atoms with Crippen LogP contribution in [0.3, 0.4) is 0 Å².